The molecule has 30 heavy (non-hydrogen) atoms. The first-order valence-electron chi connectivity index (χ1n) is 9.22. The SMILES string of the molecule is Cc1cccc(-n2c(=O)c3sccc3n(CC(=O)Nc3ccccc3Cl)c2=O)c1C. The summed E-state index contributed by atoms with van der Waals surface area (Å²) in [5.41, 5.74) is 2.26. The van der Waals surface area contributed by atoms with Gasteiger partial charge in [-0.05, 0) is 54.6 Å². The Morgan fingerprint density at radius 3 is 2.60 bits per heavy atom. The van der Waals surface area contributed by atoms with Crippen molar-refractivity contribution >= 4 is 44.7 Å². The smallest absolute Gasteiger partial charge is 0.323 e. The van der Waals surface area contributed by atoms with Gasteiger partial charge in [0, 0.05) is 0 Å². The maximum atomic E-state index is 13.3. The first-order chi connectivity index (χ1) is 14.4. The summed E-state index contributed by atoms with van der Waals surface area (Å²) in [5.74, 6) is -0.413. The molecule has 2 aromatic carbocycles. The van der Waals surface area contributed by atoms with E-state index in [1.54, 1.807) is 47.8 Å². The van der Waals surface area contributed by atoms with Crippen LogP contribution in [0.5, 0.6) is 0 Å². The second kappa shape index (κ2) is 7.93. The highest BCUT2D eigenvalue weighted by molar-refractivity contribution is 7.17. The zero-order valence-electron chi connectivity index (χ0n) is 16.3. The molecule has 0 aliphatic heterocycles. The number of para-hydroxylation sites is 1. The number of anilines is 1. The van der Waals surface area contributed by atoms with Crippen LogP contribution < -0.4 is 16.6 Å². The van der Waals surface area contributed by atoms with Crippen LogP contribution >= 0.6 is 22.9 Å². The molecule has 0 spiro atoms. The number of aryl methyl sites for hydroxylation is 1. The molecule has 0 bridgehead atoms. The highest BCUT2D eigenvalue weighted by Gasteiger charge is 2.19. The Morgan fingerprint density at radius 1 is 1.07 bits per heavy atom. The number of carbonyl (C=O) groups is 1. The van der Waals surface area contributed by atoms with Gasteiger partial charge in [-0.15, -0.1) is 11.3 Å². The average molecular weight is 440 g/mol. The molecule has 0 aliphatic carbocycles. The lowest BCUT2D eigenvalue weighted by molar-refractivity contribution is -0.116. The monoisotopic (exact) mass is 439 g/mol. The summed E-state index contributed by atoms with van der Waals surface area (Å²) in [6.45, 7) is 3.54. The molecule has 8 heteroatoms. The summed E-state index contributed by atoms with van der Waals surface area (Å²) in [7, 11) is 0. The first kappa shape index (κ1) is 20.1. The van der Waals surface area contributed by atoms with E-state index in [1.165, 1.54) is 15.9 Å². The zero-order valence-corrected chi connectivity index (χ0v) is 17.9. The van der Waals surface area contributed by atoms with E-state index in [2.05, 4.69) is 5.32 Å². The third-order valence-electron chi connectivity index (χ3n) is 5.02. The molecule has 0 unspecified atom stereocenters. The lowest BCUT2D eigenvalue weighted by Crippen LogP contribution is -2.40. The second-order valence-corrected chi connectivity index (χ2v) is 8.21. The molecule has 152 valence electrons. The molecule has 0 aliphatic rings. The number of fused-ring (bicyclic) bond motifs is 1. The van der Waals surface area contributed by atoms with Gasteiger partial charge in [-0.2, -0.15) is 0 Å². The number of nitrogens with zero attached hydrogens (tertiary/aromatic N) is 2. The maximum Gasteiger partial charge on any atom is 0.336 e. The number of hydrogen-bond acceptors (Lipinski definition) is 4. The fourth-order valence-corrected chi connectivity index (χ4v) is 4.33. The van der Waals surface area contributed by atoms with Gasteiger partial charge in [-0.25, -0.2) is 9.36 Å². The van der Waals surface area contributed by atoms with Crippen molar-refractivity contribution < 1.29 is 4.79 Å². The number of aromatic nitrogens is 2. The van der Waals surface area contributed by atoms with E-state index in [4.69, 9.17) is 11.6 Å². The van der Waals surface area contributed by atoms with Crippen LogP contribution in [0, 0.1) is 13.8 Å². The van der Waals surface area contributed by atoms with Crippen molar-refractivity contribution in [2.24, 2.45) is 0 Å². The fraction of sp³-hybridized carbons (Fsp3) is 0.136. The minimum absolute atomic E-state index is 0.248. The van der Waals surface area contributed by atoms with Gasteiger partial charge in [0.2, 0.25) is 5.91 Å². The Labute approximate surface area is 181 Å². The van der Waals surface area contributed by atoms with Crippen molar-refractivity contribution in [1.82, 2.24) is 9.13 Å². The molecule has 2 aromatic heterocycles. The molecule has 1 amide bonds. The topological polar surface area (TPSA) is 73.1 Å². The van der Waals surface area contributed by atoms with Gasteiger partial charge in [-0.1, -0.05) is 35.9 Å². The van der Waals surface area contributed by atoms with E-state index in [-0.39, 0.29) is 12.1 Å². The van der Waals surface area contributed by atoms with E-state index >= 15 is 0 Å². The van der Waals surface area contributed by atoms with Crippen molar-refractivity contribution in [3.05, 3.63) is 90.9 Å². The molecule has 0 saturated heterocycles. The molecule has 4 rings (SSSR count). The molecule has 0 atom stereocenters. The van der Waals surface area contributed by atoms with Crippen LogP contribution in [0.15, 0.2) is 63.5 Å². The number of benzene rings is 2. The highest BCUT2D eigenvalue weighted by atomic mass is 35.5. The van der Waals surface area contributed by atoms with Gasteiger partial charge in [0.05, 0.1) is 21.9 Å². The van der Waals surface area contributed by atoms with Gasteiger partial charge in [0.25, 0.3) is 5.56 Å². The predicted octanol–water partition coefficient (Wildman–Crippen LogP) is 4.12. The molecular weight excluding hydrogens is 422 g/mol. The molecule has 4 aromatic rings. The van der Waals surface area contributed by atoms with Gasteiger partial charge in [-0.3, -0.25) is 14.2 Å². The lowest BCUT2D eigenvalue weighted by Gasteiger charge is -2.15. The highest BCUT2D eigenvalue weighted by Crippen LogP contribution is 2.21. The molecule has 0 radical (unpaired) electrons. The van der Waals surface area contributed by atoms with Gasteiger partial charge < -0.3 is 5.32 Å². The standard InChI is InChI=1S/C22H18ClN3O3S/c1-13-6-5-9-17(14(13)2)26-21(28)20-18(10-11-30-20)25(22(26)29)12-19(27)24-16-8-4-3-7-15(16)23/h3-11H,12H2,1-2H3,(H,24,27). The van der Waals surface area contributed by atoms with Crippen LogP contribution in [0.4, 0.5) is 5.69 Å². The van der Waals surface area contributed by atoms with Crippen molar-refractivity contribution in [3.63, 3.8) is 0 Å². The quantitative estimate of drug-likeness (QED) is 0.519. The number of nitrogens with one attached hydrogen (secondary N) is 1. The van der Waals surface area contributed by atoms with Gasteiger partial charge >= 0.3 is 5.69 Å². The number of halogens is 1. The van der Waals surface area contributed by atoms with Gasteiger partial charge in [0.15, 0.2) is 0 Å². The summed E-state index contributed by atoms with van der Waals surface area (Å²) in [6.07, 6.45) is 0. The van der Waals surface area contributed by atoms with Crippen LogP contribution in [0.1, 0.15) is 11.1 Å². The number of amides is 1. The number of carbonyl (C=O) groups excluding carboxylic acids is 1. The Bertz CT molecular complexity index is 1400. The van der Waals surface area contributed by atoms with E-state index in [9.17, 15) is 14.4 Å². The molecule has 2 heterocycles. The Morgan fingerprint density at radius 2 is 1.83 bits per heavy atom. The summed E-state index contributed by atoms with van der Waals surface area (Å²) in [6, 6.07) is 14.0. The molecule has 6 nitrogen and oxygen atoms in total. The zero-order chi connectivity index (χ0) is 21.4. The maximum absolute atomic E-state index is 13.3. The molecule has 1 N–H and O–H groups in total. The van der Waals surface area contributed by atoms with Crippen LogP contribution in [0.3, 0.4) is 0 Å². The van der Waals surface area contributed by atoms with Crippen molar-refractivity contribution in [1.29, 1.82) is 0 Å². The number of hydrogen-bond donors (Lipinski definition) is 1. The number of rotatable bonds is 4. The fourth-order valence-electron chi connectivity index (χ4n) is 3.33. The van der Waals surface area contributed by atoms with E-state index < -0.39 is 11.6 Å². The Kier molecular flexibility index (Phi) is 5.32. The van der Waals surface area contributed by atoms with E-state index in [0.717, 1.165) is 15.7 Å². The molecule has 0 saturated carbocycles. The van der Waals surface area contributed by atoms with E-state index in [0.29, 0.717) is 26.6 Å². The molecule has 0 fully saturated rings. The molecular formula is C22H18ClN3O3S. The second-order valence-electron chi connectivity index (χ2n) is 6.89. The first-order valence-corrected chi connectivity index (χ1v) is 10.5. The predicted molar refractivity (Wildman–Crippen MR) is 121 cm³/mol. The van der Waals surface area contributed by atoms with Crippen LogP contribution in [-0.2, 0) is 11.3 Å². The van der Waals surface area contributed by atoms with Crippen LogP contribution in [-0.4, -0.2) is 15.0 Å². The Balaban J connectivity index is 1.85. The van der Waals surface area contributed by atoms with Gasteiger partial charge in [0.1, 0.15) is 11.2 Å². The van der Waals surface area contributed by atoms with Crippen LogP contribution in [0.2, 0.25) is 5.02 Å². The minimum atomic E-state index is -0.561. The summed E-state index contributed by atoms with van der Waals surface area (Å²) in [4.78, 5) is 39.1. The number of thiophene rings is 1. The third kappa shape index (κ3) is 3.46. The van der Waals surface area contributed by atoms with Crippen molar-refractivity contribution in [3.8, 4) is 5.69 Å². The van der Waals surface area contributed by atoms with E-state index in [1.807, 2.05) is 19.9 Å². The Hall–Kier alpha value is -3.16. The largest absolute Gasteiger partial charge is 0.336 e. The van der Waals surface area contributed by atoms with Crippen LogP contribution in [0.25, 0.3) is 15.9 Å². The average Bonchev–Trinajstić information content (AvgIpc) is 3.20. The van der Waals surface area contributed by atoms with Crippen molar-refractivity contribution in [2.75, 3.05) is 5.32 Å². The minimum Gasteiger partial charge on any atom is -0.323 e. The summed E-state index contributed by atoms with van der Waals surface area (Å²) in [5, 5.41) is 4.86. The third-order valence-corrected chi connectivity index (χ3v) is 6.24. The lowest BCUT2D eigenvalue weighted by atomic mass is 10.1. The normalized spacial score (nSPS) is 11.0. The summed E-state index contributed by atoms with van der Waals surface area (Å²) >= 11 is 7.35. The van der Waals surface area contributed by atoms with Crippen molar-refractivity contribution in [2.45, 2.75) is 20.4 Å². The summed E-state index contributed by atoms with van der Waals surface area (Å²) < 4.78 is 2.88.